The Balaban J connectivity index is 2.56. The van der Waals surface area contributed by atoms with Crippen molar-refractivity contribution in [1.82, 2.24) is 4.90 Å². The van der Waals surface area contributed by atoms with Gasteiger partial charge in [0.2, 0.25) is 0 Å². The van der Waals surface area contributed by atoms with Gasteiger partial charge in [0.25, 0.3) is 0 Å². The van der Waals surface area contributed by atoms with Gasteiger partial charge in [-0.3, -0.25) is 0 Å². The van der Waals surface area contributed by atoms with Crippen molar-refractivity contribution in [2.45, 2.75) is 31.9 Å². The molecule has 1 saturated heterocycles. The summed E-state index contributed by atoms with van der Waals surface area (Å²) in [5, 5.41) is 9.63. The molecule has 5 heteroatoms. The molecule has 0 aliphatic carbocycles. The largest absolute Gasteiger partial charge is 0.448 e. The molecule has 1 atom stereocenters. The number of hydrogen-bond donors (Lipinski definition) is 1. The summed E-state index contributed by atoms with van der Waals surface area (Å²) in [4.78, 5) is 13.0. The molecule has 1 rings (SSSR count). The van der Waals surface area contributed by atoms with Crippen LogP contribution in [-0.4, -0.2) is 46.8 Å². The van der Waals surface area contributed by atoms with Crippen LogP contribution < -0.4 is 0 Å². The predicted octanol–water partition coefficient (Wildman–Crippen LogP) is 1.21. The third-order valence-corrected chi connectivity index (χ3v) is 2.81. The van der Waals surface area contributed by atoms with Gasteiger partial charge < -0.3 is 14.7 Å². The average Bonchev–Trinajstić information content (AvgIpc) is 2.38. The molecule has 0 aromatic carbocycles. The second-order valence-electron chi connectivity index (χ2n) is 3.91. The van der Waals surface area contributed by atoms with Crippen LogP contribution in [0.3, 0.4) is 0 Å². The van der Waals surface area contributed by atoms with E-state index in [9.17, 15) is 9.90 Å². The molecule has 1 N–H and O–H groups in total. The van der Waals surface area contributed by atoms with E-state index in [1.807, 2.05) is 13.8 Å². The van der Waals surface area contributed by atoms with Crippen LogP contribution in [0, 0.1) is 0 Å². The van der Waals surface area contributed by atoms with Crippen molar-refractivity contribution in [3.05, 3.63) is 0 Å². The van der Waals surface area contributed by atoms with E-state index in [0.29, 0.717) is 18.8 Å². The molecule has 1 heterocycles. The first-order valence-electron chi connectivity index (χ1n) is 4.68. The minimum absolute atomic E-state index is 0.211. The monoisotopic (exact) mass is 221 g/mol. The third kappa shape index (κ3) is 2.12. The van der Waals surface area contributed by atoms with Crippen LogP contribution in [0.4, 0.5) is 4.79 Å². The molecular formula is C9H16ClNO3. The summed E-state index contributed by atoms with van der Waals surface area (Å²) in [6.45, 7) is 4.40. The van der Waals surface area contributed by atoms with Crippen LogP contribution in [0.15, 0.2) is 0 Å². The van der Waals surface area contributed by atoms with Gasteiger partial charge in [0.15, 0.2) is 0 Å². The average molecular weight is 222 g/mol. The van der Waals surface area contributed by atoms with E-state index in [1.165, 1.54) is 0 Å². The number of halogens is 1. The number of amides is 1. The minimum atomic E-state index is -0.538. The van der Waals surface area contributed by atoms with E-state index in [-0.39, 0.29) is 6.61 Å². The molecule has 1 unspecified atom stereocenters. The van der Waals surface area contributed by atoms with Crippen molar-refractivity contribution in [2.75, 3.05) is 19.0 Å². The molecule has 1 fully saturated rings. The molecule has 0 radical (unpaired) electrons. The summed E-state index contributed by atoms with van der Waals surface area (Å²) in [6.07, 6.45) is -0.276. The van der Waals surface area contributed by atoms with Crippen molar-refractivity contribution in [2.24, 2.45) is 0 Å². The van der Waals surface area contributed by atoms with Gasteiger partial charge in [-0.2, -0.15) is 0 Å². The Morgan fingerprint density at radius 2 is 2.36 bits per heavy atom. The maximum atomic E-state index is 11.5. The second-order valence-corrected chi connectivity index (χ2v) is 4.29. The minimum Gasteiger partial charge on any atom is -0.448 e. The summed E-state index contributed by atoms with van der Waals surface area (Å²) < 4.78 is 4.90. The molecule has 14 heavy (non-hydrogen) atoms. The van der Waals surface area contributed by atoms with Crippen LogP contribution in [0.2, 0.25) is 0 Å². The van der Waals surface area contributed by atoms with Gasteiger partial charge in [-0.25, -0.2) is 4.79 Å². The fourth-order valence-corrected chi connectivity index (χ4v) is 1.68. The molecule has 1 aliphatic rings. The maximum Gasteiger partial charge on any atom is 0.410 e. The fourth-order valence-electron chi connectivity index (χ4n) is 1.60. The topological polar surface area (TPSA) is 49.8 Å². The molecule has 0 spiro atoms. The van der Waals surface area contributed by atoms with Crippen molar-refractivity contribution in [3.8, 4) is 0 Å². The first kappa shape index (κ1) is 11.6. The zero-order chi connectivity index (χ0) is 10.8. The lowest BCUT2D eigenvalue weighted by Gasteiger charge is -2.32. The highest BCUT2D eigenvalue weighted by molar-refractivity contribution is 6.18. The summed E-state index contributed by atoms with van der Waals surface area (Å²) in [5.41, 5.74) is -0.538. The van der Waals surface area contributed by atoms with Gasteiger partial charge in [-0.15, -0.1) is 11.6 Å². The van der Waals surface area contributed by atoms with Crippen LogP contribution >= 0.6 is 11.6 Å². The Morgan fingerprint density at radius 3 is 2.79 bits per heavy atom. The SMILES string of the molecule is CC1(C)C(O)CCN1C(=O)OCCCl. The van der Waals surface area contributed by atoms with Gasteiger partial charge in [0, 0.05) is 6.54 Å². The molecule has 0 aromatic heterocycles. The molecule has 1 amide bonds. The number of likely N-dealkylation sites (tertiary alicyclic amines) is 1. The van der Waals surface area contributed by atoms with Gasteiger partial charge in [0.1, 0.15) is 6.61 Å². The van der Waals surface area contributed by atoms with Gasteiger partial charge >= 0.3 is 6.09 Å². The number of carbonyl (C=O) groups is 1. The van der Waals surface area contributed by atoms with E-state index < -0.39 is 17.7 Å². The highest BCUT2D eigenvalue weighted by Crippen LogP contribution is 2.29. The van der Waals surface area contributed by atoms with Crippen LogP contribution in [0.5, 0.6) is 0 Å². The van der Waals surface area contributed by atoms with E-state index in [2.05, 4.69) is 0 Å². The number of alkyl halides is 1. The summed E-state index contributed by atoms with van der Waals surface area (Å²) in [7, 11) is 0. The van der Waals surface area contributed by atoms with Gasteiger partial charge in [-0.1, -0.05) is 0 Å². The zero-order valence-electron chi connectivity index (χ0n) is 8.49. The third-order valence-electron chi connectivity index (χ3n) is 2.66. The molecule has 0 saturated carbocycles. The van der Waals surface area contributed by atoms with E-state index in [0.717, 1.165) is 0 Å². The molecule has 0 aromatic rings. The zero-order valence-corrected chi connectivity index (χ0v) is 9.25. The summed E-state index contributed by atoms with van der Waals surface area (Å²) in [6, 6.07) is 0. The Bertz CT molecular complexity index is 220. The lowest BCUT2D eigenvalue weighted by Crippen LogP contribution is -2.48. The Hall–Kier alpha value is -0.480. The summed E-state index contributed by atoms with van der Waals surface area (Å²) >= 11 is 5.41. The van der Waals surface area contributed by atoms with E-state index in [4.69, 9.17) is 16.3 Å². The first-order chi connectivity index (χ1) is 6.50. The second kappa shape index (κ2) is 4.36. The van der Waals surface area contributed by atoms with Crippen LogP contribution in [-0.2, 0) is 4.74 Å². The standard InChI is InChI=1S/C9H16ClNO3/c1-9(2)7(12)3-5-11(9)8(13)14-6-4-10/h7,12H,3-6H2,1-2H3. The number of hydrogen-bond acceptors (Lipinski definition) is 3. The van der Waals surface area contributed by atoms with Crippen molar-refractivity contribution >= 4 is 17.7 Å². The number of aliphatic hydroxyl groups is 1. The molecule has 0 bridgehead atoms. The predicted molar refractivity (Wildman–Crippen MR) is 53.5 cm³/mol. The van der Waals surface area contributed by atoms with Crippen LogP contribution in [0.25, 0.3) is 0 Å². The number of carbonyl (C=O) groups excluding carboxylic acids is 1. The normalized spacial score (nSPS) is 25.1. The number of ether oxygens (including phenoxy) is 1. The van der Waals surface area contributed by atoms with E-state index in [1.54, 1.807) is 4.90 Å². The quantitative estimate of drug-likeness (QED) is 0.713. The fraction of sp³-hybridized carbons (Fsp3) is 0.889. The number of rotatable bonds is 2. The Morgan fingerprint density at radius 1 is 1.71 bits per heavy atom. The van der Waals surface area contributed by atoms with Crippen LogP contribution in [0.1, 0.15) is 20.3 Å². The molecule has 4 nitrogen and oxygen atoms in total. The first-order valence-corrected chi connectivity index (χ1v) is 5.22. The smallest absolute Gasteiger partial charge is 0.410 e. The van der Waals surface area contributed by atoms with Crippen molar-refractivity contribution in [3.63, 3.8) is 0 Å². The highest BCUT2D eigenvalue weighted by Gasteiger charge is 2.43. The lowest BCUT2D eigenvalue weighted by molar-refractivity contribution is 0.0403. The number of aliphatic hydroxyl groups excluding tert-OH is 1. The van der Waals surface area contributed by atoms with Gasteiger partial charge in [-0.05, 0) is 20.3 Å². The highest BCUT2D eigenvalue weighted by atomic mass is 35.5. The lowest BCUT2D eigenvalue weighted by atomic mass is 9.99. The Labute approximate surface area is 88.8 Å². The van der Waals surface area contributed by atoms with Gasteiger partial charge in [0.05, 0.1) is 17.5 Å². The Kier molecular flexibility index (Phi) is 3.61. The van der Waals surface area contributed by atoms with Crippen molar-refractivity contribution < 1.29 is 14.6 Å². The molecular weight excluding hydrogens is 206 g/mol. The number of nitrogens with zero attached hydrogens (tertiary/aromatic N) is 1. The maximum absolute atomic E-state index is 11.5. The van der Waals surface area contributed by atoms with E-state index >= 15 is 0 Å². The summed E-state index contributed by atoms with van der Waals surface area (Å²) in [5.74, 6) is 0.294. The molecule has 1 aliphatic heterocycles. The molecule has 82 valence electrons. The van der Waals surface area contributed by atoms with Crippen molar-refractivity contribution in [1.29, 1.82) is 0 Å².